The van der Waals surface area contributed by atoms with Crippen LogP contribution in [0.15, 0.2) is 36.9 Å². The molecule has 0 aliphatic carbocycles. The molecular formula is C14H15FN4O3. The number of hydrogen-bond acceptors (Lipinski definition) is 4. The Hall–Kier alpha value is -2.77. The number of aliphatic carboxylic acids is 1. The van der Waals surface area contributed by atoms with Crippen molar-refractivity contribution in [1.82, 2.24) is 19.7 Å². The number of rotatable bonds is 7. The van der Waals surface area contributed by atoms with E-state index in [-0.39, 0.29) is 24.7 Å². The van der Waals surface area contributed by atoms with Crippen molar-refractivity contribution >= 4 is 11.9 Å². The van der Waals surface area contributed by atoms with Crippen LogP contribution in [0.5, 0.6) is 0 Å². The van der Waals surface area contributed by atoms with Crippen molar-refractivity contribution in [2.24, 2.45) is 0 Å². The molecule has 1 heterocycles. The Balaban J connectivity index is 1.99. The highest BCUT2D eigenvalue weighted by Crippen LogP contribution is 2.08. The van der Waals surface area contributed by atoms with Gasteiger partial charge in [0.25, 0.3) is 0 Å². The fourth-order valence-electron chi connectivity index (χ4n) is 1.92. The number of carbonyl (C=O) groups is 2. The molecule has 0 aliphatic rings. The van der Waals surface area contributed by atoms with Gasteiger partial charge in [-0.15, -0.1) is 0 Å². The zero-order chi connectivity index (χ0) is 15.9. The number of aromatic nitrogens is 3. The first kappa shape index (κ1) is 15.6. The van der Waals surface area contributed by atoms with Crippen LogP contribution in [0.1, 0.15) is 12.0 Å². The first-order valence-electron chi connectivity index (χ1n) is 6.61. The Morgan fingerprint density at radius 3 is 2.59 bits per heavy atom. The summed E-state index contributed by atoms with van der Waals surface area (Å²) in [6.07, 6.45) is 2.95. The molecule has 7 nitrogen and oxygen atoms in total. The normalized spacial score (nSPS) is 10.4. The number of benzene rings is 1. The van der Waals surface area contributed by atoms with E-state index in [1.54, 1.807) is 0 Å². The second-order valence-corrected chi connectivity index (χ2v) is 4.68. The lowest BCUT2D eigenvalue weighted by Crippen LogP contribution is -2.35. The number of amides is 1. The van der Waals surface area contributed by atoms with E-state index in [0.29, 0.717) is 12.1 Å². The van der Waals surface area contributed by atoms with Gasteiger partial charge in [-0.25, -0.2) is 9.37 Å². The summed E-state index contributed by atoms with van der Waals surface area (Å²) in [5, 5.41) is 12.8. The molecule has 0 atom stereocenters. The van der Waals surface area contributed by atoms with Gasteiger partial charge in [-0.1, -0.05) is 12.1 Å². The molecule has 1 aromatic heterocycles. The van der Waals surface area contributed by atoms with Gasteiger partial charge in [-0.3, -0.25) is 14.3 Å². The van der Waals surface area contributed by atoms with Crippen LogP contribution in [0.2, 0.25) is 0 Å². The fraction of sp³-hybridized carbons (Fsp3) is 0.286. The zero-order valence-electron chi connectivity index (χ0n) is 11.7. The third-order valence-electron chi connectivity index (χ3n) is 2.99. The van der Waals surface area contributed by atoms with Crippen LogP contribution in [-0.2, 0) is 22.7 Å². The third-order valence-corrected chi connectivity index (χ3v) is 2.99. The van der Waals surface area contributed by atoms with Crippen molar-refractivity contribution in [3.63, 3.8) is 0 Å². The quantitative estimate of drug-likeness (QED) is 0.822. The molecule has 0 unspecified atom stereocenters. The van der Waals surface area contributed by atoms with Gasteiger partial charge in [0.05, 0.1) is 6.54 Å². The molecule has 0 radical (unpaired) electrons. The number of carbonyl (C=O) groups excluding carboxylic acids is 1. The number of aryl methyl sites for hydroxylation is 1. The van der Waals surface area contributed by atoms with Crippen molar-refractivity contribution in [3.8, 4) is 0 Å². The highest BCUT2D eigenvalue weighted by atomic mass is 19.1. The lowest BCUT2D eigenvalue weighted by molar-refractivity contribution is -0.145. The van der Waals surface area contributed by atoms with Crippen LogP contribution in [0.25, 0.3) is 0 Å². The van der Waals surface area contributed by atoms with Gasteiger partial charge in [0, 0.05) is 13.0 Å². The van der Waals surface area contributed by atoms with Gasteiger partial charge in [-0.05, 0) is 17.7 Å². The minimum atomic E-state index is -1.10. The van der Waals surface area contributed by atoms with Gasteiger partial charge in [0.1, 0.15) is 25.0 Å². The molecule has 1 amide bonds. The second-order valence-electron chi connectivity index (χ2n) is 4.68. The first-order chi connectivity index (χ1) is 10.5. The van der Waals surface area contributed by atoms with Crippen molar-refractivity contribution in [3.05, 3.63) is 48.3 Å². The summed E-state index contributed by atoms with van der Waals surface area (Å²) >= 11 is 0. The van der Waals surface area contributed by atoms with Gasteiger partial charge in [-0.2, -0.15) is 5.10 Å². The standard InChI is InChI=1S/C14H15FN4O3/c15-12-3-1-11(2-4-12)7-18(8-14(21)22)13(20)5-6-19-10-16-9-17-19/h1-4,9-10H,5-8H2,(H,21,22). The molecule has 1 aromatic carbocycles. The third kappa shape index (κ3) is 4.65. The molecule has 116 valence electrons. The summed E-state index contributed by atoms with van der Waals surface area (Å²) < 4.78 is 14.4. The highest BCUT2D eigenvalue weighted by Gasteiger charge is 2.17. The maximum Gasteiger partial charge on any atom is 0.323 e. The van der Waals surface area contributed by atoms with E-state index in [1.165, 1.54) is 46.5 Å². The van der Waals surface area contributed by atoms with Gasteiger partial charge < -0.3 is 10.0 Å². The molecule has 0 saturated heterocycles. The largest absolute Gasteiger partial charge is 0.480 e. The van der Waals surface area contributed by atoms with Crippen LogP contribution in [0.3, 0.4) is 0 Å². The molecule has 0 spiro atoms. The molecule has 0 saturated carbocycles. The summed E-state index contributed by atoms with van der Waals surface area (Å²) in [6.45, 7) is 0.0225. The molecule has 0 bridgehead atoms. The zero-order valence-corrected chi connectivity index (χ0v) is 11.7. The van der Waals surface area contributed by atoms with E-state index in [0.717, 1.165) is 0 Å². The Bertz CT molecular complexity index is 628. The Morgan fingerprint density at radius 2 is 2.00 bits per heavy atom. The van der Waals surface area contributed by atoms with Crippen LogP contribution >= 0.6 is 0 Å². The molecule has 22 heavy (non-hydrogen) atoms. The molecule has 0 fully saturated rings. The maximum atomic E-state index is 12.9. The van der Waals surface area contributed by atoms with Crippen LogP contribution in [-0.4, -0.2) is 43.2 Å². The second kappa shape index (κ2) is 7.30. The molecule has 1 N–H and O–H groups in total. The maximum absolute atomic E-state index is 12.9. The lowest BCUT2D eigenvalue weighted by atomic mass is 10.2. The van der Waals surface area contributed by atoms with E-state index in [1.807, 2.05) is 0 Å². The van der Waals surface area contributed by atoms with Crippen molar-refractivity contribution in [2.75, 3.05) is 6.54 Å². The Morgan fingerprint density at radius 1 is 1.27 bits per heavy atom. The van der Waals surface area contributed by atoms with E-state index in [9.17, 15) is 14.0 Å². The van der Waals surface area contributed by atoms with Crippen molar-refractivity contribution in [1.29, 1.82) is 0 Å². The summed E-state index contributed by atoms with van der Waals surface area (Å²) in [5.74, 6) is -1.80. The van der Waals surface area contributed by atoms with Crippen LogP contribution in [0.4, 0.5) is 4.39 Å². The van der Waals surface area contributed by atoms with Gasteiger partial charge in [0.15, 0.2) is 0 Å². The number of nitrogens with zero attached hydrogens (tertiary/aromatic N) is 4. The van der Waals surface area contributed by atoms with Crippen molar-refractivity contribution in [2.45, 2.75) is 19.5 Å². The number of carboxylic acids is 1. The van der Waals surface area contributed by atoms with Crippen LogP contribution in [0, 0.1) is 5.82 Å². The van der Waals surface area contributed by atoms with E-state index >= 15 is 0 Å². The Kier molecular flexibility index (Phi) is 5.18. The minimum absolute atomic E-state index is 0.109. The lowest BCUT2D eigenvalue weighted by Gasteiger charge is -2.21. The average Bonchev–Trinajstić information content (AvgIpc) is 2.99. The van der Waals surface area contributed by atoms with E-state index in [2.05, 4.69) is 10.1 Å². The Labute approximate surface area is 126 Å². The number of halogens is 1. The molecule has 2 aromatic rings. The molecule has 8 heteroatoms. The molecule has 0 aliphatic heterocycles. The van der Waals surface area contributed by atoms with Gasteiger partial charge >= 0.3 is 5.97 Å². The SMILES string of the molecule is O=C(O)CN(Cc1ccc(F)cc1)C(=O)CCn1cncn1. The van der Waals surface area contributed by atoms with E-state index < -0.39 is 12.5 Å². The van der Waals surface area contributed by atoms with E-state index in [4.69, 9.17) is 5.11 Å². The predicted molar refractivity (Wildman–Crippen MR) is 74.1 cm³/mol. The summed E-state index contributed by atoms with van der Waals surface area (Å²) in [6, 6.07) is 5.59. The van der Waals surface area contributed by atoms with Crippen molar-refractivity contribution < 1.29 is 19.1 Å². The average molecular weight is 306 g/mol. The number of hydrogen-bond donors (Lipinski definition) is 1. The number of carboxylic acid groups (broad SMARTS) is 1. The predicted octanol–water partition coefficient (Wildman–Crippen LogP) is 0.921. The molecular weight excluding hydrogens is 291 g/mol. The molecule has 2 rings (SSSR count). The van der Waals surface area contributed by atoms with Crippen LogP contribution < -0.4 is 0 Å². The summed E-state index contributed by atoms with van der Waals surface area (Å²) in [5.41, 5.74) is 0.664. The summed E-state index contributed by atoms with van der Waals surface area (Å²) in [4.78, 5) is 28.1. The van der Waals surface area contributed by atoms with Gasteiger partial charge in [0.2, 0.25) is 5.91 Å². The monoisotopic (exact) mass is 306 g/mol. The smallest absolute Gasteiger partial charge is 0.323 e. The topological polar surface area (TPSA) is 88.3 Å². The minimum Gasteiger partial charge on any atom is -0.480 e. The summed E-state index contributed by atoms with van der Waals surface area (Å²) in [7, 11) is 0. The fourth-order valence-corrected chi connectivity index (χ4v) is 1.92. The highest BCUT2D eigenvalue weighted by molar-refractivity contribution is 5.81. The first-order valence-corrected chi connectivity index (χ1v) is 6.61.